The summed E-state index contributed by atoms with van der Waals surface area (Å²) in [6, 6.07) is 10.2. The molecule has 0 aliphatic carbocycles. The fraction of sp³-hybridized carbons (Fsp3) is 0.562. The van der Waals surface area contributed by atoms with Crippen molar-refractivity contribution < 1.29 is 23.9 Å². The van der Waals surface area contributed by atoms with E-state index in [1.54, 1.807) is 0 Å². The fourth-order valence-electron chi connectivity index (χ4n) is 3.10. The molecular formula is C16H21NO5. The molecule has 2 aliphatic heterocycles. The average molecular weight is 307 g/mol. The second kappa shape index (κ2) is 6.75. The molecule has 1 aromatic carbocycles. The number of nitrogens with zero attached hydrogens (tertiary/aromatic N) is 1. The molecule has 0 saturated carbocycles. The number of methoxy groups -OCH3 is 1. The van der Waals surface area contributed by atoms with Crippen LogP contribution in [0.4, 0.5) is 0 Å². The number of carbonyl (C=O) groups excluding carboxylic acids is 1. The second-order valence-electron chi connectivity index (χ2n) is 5.45. The molecule has 0 unspecified atom stereocenters. The van der Waals surface area contributed by atoms with Crippen LogP contribution in [0.3, 0.4) is 0 Å². The second-order valence-corrected chi connectivity index (χ2v) is 5.45. The van der Waals surface area contributed by atoms with E-state index in [0.29, 0.717) is 13.0 Å². The van der Waals surface area contributed by atoms with E-state index in [1.807, 2.05) is 25.1 Å². The Morgan fingerprint density at radius 3 is 2.73 bits per heavy atom. The van der Waals surface area contributed by atoms with Crippen LogP contribution in [0, 0.1) is 0 Å². The molecule has 3 rings (SSSR count). The summed E-state index contributed by atoms with van der Waals surface area (Å²) >= 11 is 0. The Morgan fingerprint density at radius 1 is 1.27 bits per heavy atom. The minimum absolute atomic E-state index is 0.0248. The molecular weight excluding hydrogens is 286 g/mol. The van der Waals surface area contributed by atoms with Gasteiger partial charge < -0.3 is 9.47 Å². The zero-order valence-corrected chi connectivity index (χ0v) is 12.8. The molecule has 0 spiro atoms. The summed E-state index contributed by atoms with van der Waals surface area (Å²) < 4.78 is 10.4. The van der Waals surface area contributed by atoms with E-state index in [9.17, 15) is 4.79 Å². The highest BCUT2D eigenvalue weighted by molar-refractivity contribution is 5.74. The van der Waals surface area contributed by atoms with E-state index in [-0.39, 0.29) is 24.2 Å². The molecule has 0 bridgehead atoms. The third-order valence-electron chi connectivity index (χ3n) is 4.13. The van der Waals surface area contributed by atoms with Crippen LogP contribution in [0.25, 0.3) is 0 Å². The van der Waals surface area contributed by atoms with Gasteiger partial charge in [0.2, 0.25) is 0 Å². The quantitative estimate of drug-likeness (QED) is 0.793. The number of fused-ring (bicyclic) bond motifs is 1. The largest absolute Gasteiger partial charge is 0.467 e. The van der Waals surface area contributed by atoms with Crippen LogP contribution in [0.2, 0.25) is 0 Å². The maximum absolute atomic E-state index is 11.7. The lowest BCUT2D eigenvalue weighted by Crippen LogP contribution is -2.44. The van der Waals surface area contributed by atoms with Crippen molar-refractivity contribution in [3.05, 3.63) is 35.9 Å². The van der Waals surface area contributed by atoms with Crippen LogP contribution in [0.1, 0.15) is 31.2 Å². The molecule has 2 fully saturated rings. The predicted molar refractivity (Wildman–Crippen MR) is 77.4 cm³/mol. The van der Waals surface area contributed by atoms with Gasteiger partial charge in [0.1, 0.15) is 0 Å². The van der Waals surface area contributed by atoms with Crippen LogP contribution in [0.5, 0.6) is 0 Å². The lowest BCUT2D eigenvalue weighted by molar-refractivity contribution is -0.435. The maximum atomic E-state index is 11.7. The monoisotopic (exact) mass is 307 g/mol. The zero-order chi connectivity index (χ0) is 15.5. The van der Waals surface area contributed by atoms with E-state index in [1.165, 1.54) is 17.9 Å². The average Bonchev–Trinajstić information content (AvgIpc) is 2.98. The SMILES string of the molecule is CCO[C@H]1C[C@@H](c2ccccc2)[C@@H]2C[C@@H](C(=O)OC)ON2O1. The van der Waals surface area contributed by atoms with Crippen LogP contribution >= 0.6 is 0 Å². The molecule has 4 atom stereocenters. The normalized spacial score (nSPS) is 31.7. The molecule has 120 valence electrons. The first kappa shape index (κ1) is 15.4. The Bertz CT molecular complexity index is 509. The van der Waals surface area contributed by atoms with Crippen molar-refractivity contribution in [1.29, 1.82) is 0 Å². The number of benzene rings is 1. The Labute approximate surface area is 129 Å². The number of rotatable bonds is 4. The number of esters is 1. The van der Waals surface area contributed by atoms with Gasteiger partial charge in [-0.05, 0) is 12.5 Å². The van der Waals surface area contributed by atoms with Gasteiger partial charge >= 0.3 is 5.97 Å². The minimum Gasteiger partial charge on any atom is -0.467 e. The van der Waals surface area contributed by atoms with Crippen molar-refractivity contribution in [3.8, 4) is 0 Å². The van der Waals surface area contributed by atoms with Crippen molar-refractivity contribution in [2.45, 2.75) is 44.1 Å². The summed E-state index contributed by atoms with van der Waals surface area (Å²) in [6.07, 6.45) is 0.283. The van der Waals surface area contributed by atoms with E-state index in [0.717, 1.165) is 6.42 Å². The van der Waals surface area contributed by atoms with Gasteiger partial charge in [0.25, 0.3) is 0 Å². The summed E-state index contributed by atoms with van der Waals surface area (Å²) in [5.74, 6) is -0.195. The number of ether oxygens (including phenoxy) is 2. The van der Waals surface area contributed by atoms with E-state index in [2.05, 4.69) is 12.1 Å². The maximum Gasteiger partial charge on any atom is 0.337 e. The van der Waals surface area contributed by atoms with Crippen molar-refractivity contribution in [3.63, 3.8) is 0 Å². The van der Waals surface area contributed by atoms with Gasteiger partial charge in [0.15, 0.2) is 12.4 Å². The van der Waals surface area contributed by atoms with Gasteiger partial charge in [0, 0.05) is 25.4 Å². The van der Waals surface area contributed by atoms with Crippen molar-refractivity contribution in [1.82, 2.24) is 5.23 Å². The Hall–Kier alpha value is -1.47. The summed E-state index contributed by atoms with van der Waals surface area (Å²) in [7, 11) is 1.36. The molecule has 0 N–H and O–H groups in total. The van der Waals surface area contributed by atoms with E-state index >= 15 is 0 Å². The molecule has 0 radical (unpaired) electrons. The van der Waals surface area contributed by atoms with E-state index < -0.39 is 6.10 Å². The third kappa shape index (κ3) is 3.01. The zero-order valence-electron chi connectivity index (χ0n) is 12.8. The Balaban J connectivity index is 1.82. The summed E-state index contributed by atoms with van der Waals surface area (Å²) in [4.78, 5) is 23.1. The molecule has 2 aliphatic rings. The molecule has 6 heteroatoms. The highest BCUT2D eigenvalue weighted by Gasteiger charge is 2.48. The molecule has 2 saturated heterocycles. The van der Waals surface area contributed by atoms with Crippen molar-refractivity contribution in [2.75, 3.05) is 13.7 Å². The topological polar surface area (TPSA) is 57.2 Å². The third-order valence-corrected chi connectivity index (χ3v) is 4.13. The van der Waals surface area contributed by atoms with Gasteiger partial charge in [-0.15, -0.1) is 0 Å². The molecule has 22 heavy (non-hydrogen) atoms. The van der Waals surface area contributed by atoms with Crippen LogP contribution in [-0.2, 0) is 23.9 Å². The van der Waals surface area contributed by atoms with Gasteiger partial charge in [-0.25, -0.2) is 9.63 Å². The Kier molecular flexibility index (Phi) is 4.73. The highest BCUT2D eigenvalue weighted by atomic mass is 17.0. The predicted octanol–water partition coefficient (Wildman–Crippen LogP) is 2.02. The van der Waals surface area contributed by atoms with Gasteiger partial charge in [-0.1, -0.05) is 35.6 Å². The van der Waals surface area contributed by atoms with Gasteiger partial charge in [-0.3, -0.25) is 4.84 Å². The van der Waals surface area contributed by atoms with Crippen LogP contribution < -0.4 is 0 Å². The molecule has 0 amide bonds. The Morgan fingerprint density at radius 2 is 2.05 bits per heavy atom. The van der Waals surface area contributed by atoms with Crippen molar-refractivity contribution >= 4 is 5.97 Å². The van der Waals surface area contributed by atoms with Gasteiger partial charge in [-0.2, -0.15) is 0 Å². The minimum atomic E-state index is -0.624. The first-order valence-electron chi connectivity index (χ1n) is 7.60. The lowest BCUT2D eigenvalue weighted by atomic mass is 9.85. The fourth-order valence-corrected chi connectivity index (χ4v) is 3.10. The van der Waals surface area contributed by atoms with Crippen LogP contribution in [-0.4, -0.2) is 43.3 Å². The lowest BCUT2D eigenvalue weighted by Gasteiger charge is -2.38. The van der Waals surface area contributed by atoms with Crippen molar-refractivity contribution in [2.24, 2.45) is 0 Å². The standard InChI is InChI=1S/C16H21NO5/c1-3-20-15-9-12(11-7-5-4-6-8-11)13-10-14(16(18)19-2)21-17(13)22-15/h4-8,12-15H,3,9-10H2,1-2H3/t12-,13-,14-,15+/m0/s1. The number of hydrogen-bond donors (Lipinski definition) is 0. The van der Waals surface area contributed by atoms with Crippen LogP contribution in [0.15, 0.2) is 30.3 Å². The number of hydroxylamine groups is 2. The number of hydrogen-bond acceptors (Lipinski definition) is 6. The molecule has 2 heterocycles. The first-order valence-corrected chi connectivity index (χ1v) is 7.60. The summed E-state index contributed by atoms with van der Waals surface area (Å²) in [5.41, 5.74) is 1.19. The number of carbonyl (C=O) groups is 1. The molecule has 1 aromatic rings. The summed E-state index contributed by atoms with van der Waals surface area (Å²) in [5, 5.41) is 1.43. The highest BCUT2D eigenvalue weighted by Crippen LogP contribution is 2.41. The first-order chi connectivity index (χ1) is 10.7. The smallest absolute Gasteiger partial charge is 0.337 e. The molecule has 0 aromatic heterocycles. The van der Waals surface area contributed by atoms with Gasteiger partial charge in [0.05, 0.1) is 13.2 Å². The molecule has 6 nitrogen and oxygen atoms in total. The summed E-state index contributed by atoms with van der Waals surface area (Å²) in [6.45, 7) is 2.49. The van der Waals surface area contributed by atoms with E-state index in [4.69, 9.17) is 19.1 Å².